The Balaban J connectivity index is 1.53. The smallest absolute Gasteiger partial charge is 0.278 e. The highest BCUT2D eigenvalue weighted by Crippen LogP contribution is 2.32. The number of anilines is 1. The summed E-state index contributed by atoms with van der Waals surface area (Å²) in [6.07, 6.45) is 4.81. The minimum absolute atomic E-state index is 0.0801. The lowest BCUT2D eigenvalue weighted by Gasteiger charge is -2.40. The van der Waals surface area contributed by atoms with Crippen LogP contribution in [0.5, 0.6) is 0 Å². The molecule has 3 rings (SSSR count). The minimum Gasteiger partial charge on any atom is -0.360 e. The van der Waals surface area contributed by atoms with E-state index in [1.54, 1.807) is 11.8 Å². The number of nitriles is 1. The number of Topliss-reactive ketones (excluding diaryl/α,β-unsaturated/α-hetero) is 1. The molecule has 1 N–H and O–H groups in total. The molecule has 6 heteroatoms. The molecule has 2 fully saturated rings. The number of quaternary nitrogens is 1. The van der Waals surface area contributed by atoms with Gasteiger partial charge >= 0.3 is 0 Å². The monoisotopic (exact) mass is 383 g/mol. The number of rotatable bonds is 5. The number of amides is 1. The quantitative estimate of drug-likeness (QED) is 0.778. The van der Waals surface area contributed by atoms with Crippen LogP contribution in [0.2, 0.25) is 0 Å². The standard InChI is InChI=1S/C22H30N4O2/c1-18(27)19-6-8-20(9-7-19)26-14-12-25(13-15-26)16-21(28)24(2)22(17-23)10-4-3-5-11-22/h6-9H,3-5,10-16H2,1-2H3/p+1. The molecular weight excluding hydrogens is 352 g/mol. The van der Waals surface area contributed by atoms with Crippen LogP contribution < -0.4 is 9.80 Å². The molecule has 0 atom stereocenters. The zero-order valence-electron chi connectivity index (χ0n) is 17.0. The first kappa shape index (κ1) is 20.3. The maximum absolute atomic E-state index is 12.8. The number of hydrogen-bond acceptors (Lipinski definition) is 4. The van der Waals surface area contributed by atoms with Gasteiger partial charge in [-0.05, 0) is 44.0 Å². The van der Waals surface area contributed by atoms with Crippen LogP contribution in [0.3, 0.4) is 0 Å². The van der Waals surface area contributed by atoms with Crippen LogP contribution in [-0.2, 0) is 4.79 Å². The van der Waals surface area contributed by atoms with E-state index in [9.17, 15) is 14.9 Å². The topological polar surface area (TPSA) is 68.9 Å². The number of carbonyl (C=O) groups is 2. The third kappa shape index (κ3) is 4.36. The molecule has 1 aliphatic carbocycles. The number of ketones is 1. The maximum Gasteiger partial charge on any atom is 0.278 e. The molecule has 0 radical (unpaired) electrons. The summed E-state index contributed by atoms with van der Waals surface area (Å²) < 4.78 is 0. The van der Waals surface area contributed by atoms with Crippen molar-refractivity contribution in [3.05, 3.63) is 29.8 Å². The van der Waals surface area contributed by atoms with Crippen molar-refractivity contribution in [1.82, 2.24) is 4.90 Å². The van der Waals surface area contributed by atoms with Gasteiger partial charge in [-0.25, -0.2) is 0 Å². The SMILES string of the molecule is CC(=O)c1ccc(N2CC[NH+](CC(=O)N(C)C3(C#N)CCCCC3)CC2)cc1. The molecule has 0 bridgehead atoms. The first-order valence-electron chi connectivity index (χ1n) is 10.3. The average molecular weight is 384 g/mol. The van der Waals surface area contributed by atoms with Gasteiger partial charge in [-0.1, -0.05) is 19.3 Å². The van der Waals surface area contributed by atoms with Gasteiger partial charge in [-0.2, -0.15) is 5.26 Å². The second-order valence-electron chi connectivity index (χ2n) is 8.17. The Labute approximate surface area is 167 Å². The maximum atomic E-state index is 12.8. The van der Waals surface area contributed by atoms with Crippen molar-refractivity contribution < 1.29 is 14.5 Å². The lowest BCUT2D eigenvalue weighted by Crippen LogP contribution is -3.16. The van der Waals surface area contributed by atoms with E-state index in [-0.39, 0.29) is 11.7 Å². The summed E-state index contributed by atoms with van der Waals surface area (Å²) in [5.74, 6) is 0.161. The fourth-order valence-electron chi connectivity index (χ4n) is 4.39. The molecule has 6 nitrogen and oxygen atoms in total. The summed E-state index contributed by atoms with van der Waals surface area (Å²) in [7, 11) is 1.81. The van der Waals surface area contributed by atoms with Gasteiger partial charge in [0.05, 0.1) is 32.2 Å². The van der Waals surface area contributed by atoms with Crippen molar-refractivity contribution in [3.63, 3.8) is 0 Å². The highest BCUT2D eigenvalue weighted by molar-refractivity contribution is 5.94. The van der Waals surface area contributed by atoms with E-state index >= 15 is 0 Å². The fraction of sp³-hybridized carbons (Fsp3) is 0.591. The van der Waals surface area contributed by atoms with Crippen LogP contribution in [0.4, 0.5) is 5.69 Å². The molecule has 1 aromatic rings. The van der Waals surface area contributed by atoms with Crippen molar-refractivity contribution >= 4 is 17.4 Å². The molecule has 0 spiro atoms. The van der Waals surface area contributed by atoms with Crippen LogP contribution in [0.1, 0.15) is 49.4 Å². The minimum atomic E-state index is -0.602. The van der Waals surface area contributed by atoms with E-state index in [0.29, 0.717) is 6.54 Å². The summed E-state index contributed by atoms with van der Waals surface area (Å²) in [5.41, 5.74) is 1.25. The van der Waals surface area contributed by atoms with Crippen LogP contribution >= 0.6 is 0 Å². The number of carbonyl (C=O) groups excluding carboxylic acids is 2. The zero-order chi connectivity index (χ0) is 20.1. The number of benzene rings is 1. The van der Waals surface area contributed by atoms with E-state index in [1.165, 1.54) is 4.90 Å². The lowest BCUT2D eigenvalue weighted by atomic mass is 9.81. The first-order valence-corrected chi connectivity index (χ1v) is 10.3. The first-order chi connectivity index (χ1) is 13.4. The summed E-state index contributed by atoms with van der Waals surface area (Å²) in [5, 5.41) is 9.70. The number of likely N-dealkylation sites (N-methyl/N-ethyl adjacent to an activating group) is 1. The molecule has 150 valence electrons. The van der Waals surface area contributed by atoms with E-state index < -0.39 is 5.54 Å². The fourth-order valence-corrected chi connectivity index (χ4v) is 4.39. The predicted octanol–water partition coefficient (Wildman–Crippen LogP) is 1.28. The Kier molecular flexibility index (Phi) is 6.35. The molecule has 1 aliphatic heterocycles. The Bertz CT molecular complexity index is 739. The predicted molar refractivity (Wildman–Crippen MR) is 108 cm³/mol. The van der Waals surface area contributed by atoms with Gasteiger partial charge in [-0.15, -0.1) is 0 Å². The summed E-state index contributed by atoms with van der Waals surface area (Å²) in [4.78, 5) is 29.6. The van der Waals surface area contributed by atoms with Gasteiger partial charge in [0.15, 0.2) is 12.3 Å². The summed E-state index contributed by atoms with van der Waals surface area (Å²) in [6, 6.07) is 10.2. The van der Waals surface area contributed by atoms with Gasteiger partial charge in [0.1, 0.15) is 5.54 Å². The molecule has 2 aliphatic rings. The number of hydrogen-bond donors (Lipinski definition) is 1. The largest absolute Gasteiger partial charge is 0.360 e. The van der Waals surface area contributed by atoms with Gasteiger partial charge in [0.2, 0.25) is 0 Å². The van der Waals surface area contributed by atoms with Crippen molar-refractivity contribution in [3.8, 4) is 6.07 Å². The molecule has 1 heterocycles. The Morgan fingerprint density at radius 2 is 1.75 bits per heavy atom. The van der Waals surface area contributed by atoms with Crippen molar-refractivity contribution in [2.75, 3.05) is 44.7 Å². The molecule has 1 saturated carbocycles. The highest BCUT2D eigenvalue weighted by atomic mass is 16.2. The van der Waals surface area contributed by atoms with Crippen molar-refractivity contribution in [1.29, 1.82) is 5.26 Å². The van der Waals surface area contributed by atoms with Crippen molar-refractivity contribution in [2.24, 2.45) is 0 Å². The van der Waals surface area contributed by atoms with Crippen molar-refractivity contribution in [2.45, 2.75) is 44.6 Å². The average Bonchev–Trinajstić information content (AvgIpc) is 2.74. The Morgan fingerprint density at radius 1 is 1.14 bits per heavy atom. The van der Waals surface area contributed by atoms with E-state index in [2.05, 4.69) is 11.0 Å². The van der Waals surface area contributed by atoms with E-state index in [4.69, 9.17) is 0 Å². The normalized spacial score (nSPS) is 19.7. The molecule has 1 amide bonds. The van der Waals surface area contributed by atoms with Crippen LogP contribution in [0, 0.1) is 11.3 Å². The molecule has 1 aromatic carbocycles. The highest BCUT2D eigenvalue weighted by Gasteiger charge is 2.40. The van der Waals surface area contributed by atoms with Crippen LogP contribution in [0.15, 0.2) is 24.3 Å². The summed E-state index contributed by atoms with van der Waals surface area (Å²) >= 11 is 0. The molecule has 1 saturated heterocycles. The second-order valence-corrected chi connectivity index (χ2v) is 8.17. The summed E-state index contributed by atoms with van der Waals surface area (Å²) in [6.45, 7) is 5.59. The number of nitrogens with zero attached hydrogens (tertiary/aromatic N) is 3. The molecule has 0 unspecified atom stereocenters. The van der Waals surface area contributed by atoms with Gasteiger partial charge in [-0.3, -0.25) is 9.59 Å². The zero-order valence-corrected chi connectivity index (χ0v) is 17.0. The second kappa shape index (κ2) is 8.74. The van der Waals surface area contributed by atoms with E-state index in [0.717, 1.165) is 69.5 Å². The lowest BCUT2D eigenvalue weighted by molar-refractivity contribution is -0.892. The Morgan fingerprint density at radius 3 is 2.29 bits per heavy atom. The van der Waals surface area contributed by atoms with Gasteiger partial charge in [0, 0.05) is 18.3 Å². The molecular formula is C22H31N4O2+. The van der Waals surface area contributed by atoms with Crippen LogP contribution in [-0.4, -0.2) is 61.9 Å². The number of nitrogens with one attached hydrogen (secondary N) is 1. The third-order valence-electron chi connectivity index (χ3n) is 6.42. The number of piperazine rings is 1. The van der Waals surface area contributed by atoms with Gasteiger partial charge < -0.3 is 14.7 Å². The Hall–Kier alpha value is -2.39. The van der Waals surface area contributed by atoms with Gasteiger partial charge in [0.25, 0.3) is 5.91 Å². The van der Waals surface area contributed by atoms with Crippen LogP contribution in [0.25, 0.3) is 0 Å². The molecule has 28 heavy (non-hydrogen) atoms. The third-order valence-corrected chi connectivity index (χ3v) is 6.42. The molecule has 0 aromatic heterocycles. The van der Waals surface area contributed by atoms with E-state index in [1.807, 2.05) is 31.3 Å².